The Balaban J connectivity index is 2.36. The summed E-state index contributed by atoms with van der Waals surface area (Å²) in [6.07, 6.45) is 3.41. The molecule has 0 saturated heterocycles. The van der Waals surface area contributed by atoms with Gasteiger partial charge in [0, 0.05) is 13.1 Å². The quantitative estimate of drug-likeness (QED) is 0.787. The maximum Gasteiger partial charge on any atom is 0.208 e. The van der Waals surface area contributed by atoms with Crippen LogP contribution in [0.5, 0.6) is 0 Å². The molecule has 1 aromatic rings. The van der Waals surface area contributed by atoms with E-state index in [1.54, 1.807) is 10.9 Å². The summed E-state index contributed by atoms with van der Waals surface area (Å²) in [6, 6.07) is 0. The first-order valence-electron chi connectivity index (χ1n) is 4.52. The summed E-state index contributed by atoms with van der Waals surface area (Å²) in [7, 11) is -3.09. The minimum absolute atomic E-state index is 0.412. The Kier molecular flexibility index (Phi) is 4.12. The molecule has 7 heteroatoms. The molecule has 1 heterocycles. The van der Waals surface area contributed by atoms with Crippen molar-refractivity contribution >= 4 is 21.6 Å². The largest absolute Gasteiger partial charge is 0.268 e. The lowest BCUT2D eigenvalue weighted by atomic mass is 10.4. The number of sulfonamides is 1. The van der Waals surface area contributed by atoms with Crippen LogP contribution < -0.4 is 4.72 Å². The first kappa shape index (κ1) is 12.5. The number of aromatic nitrogens is 2. The van der Waals surface area contributed by atoms with Gasteiger partial charge >= 0.3 is 0 Å². The number of aryl methyl sites for hydroxylation is 1. The minimum Gasteiger partial charge on any atom is -0.268 e. The highest BCUT2D eigenvalue weighted by Gasteiger charge is 2.04. The molecule has 0 unspecified atom stereocenters. The first-order chi connectivity index (χ1) is 6.90. The van der Waals surface area contributed by atoms with Crippen LogP contribution in [0.4, 0.5) is 0 Å². The minimum atomic E-state index is -3.09. The maximum atomic E-state index is 10.8. The topological polar surface area (TPSA) is 64.0 Å². The third-order valence-electron chi connectivity index (χ3n) is 1.95. The van der Waals surface area contributed by atoms with Crippen LogP contribution in [0.1, 0.15) is 12.1 Å². The van der Waals surface area contributed by atoms with Gasteiger partial charge in [0.2, 0.25) is 10.0 Å². The number of rotatable bonds is 5. The highest BCUT2D eigenvalue weighted by atomic mass is 35.5. The Labute approximate surface area is 94.5 Å². The van der Waals surface area contributed by atoms with Crippen LogP contribution in [-0.4, -0.2) is 31.0 Å². The van der Waals surface area contributed by atoms with Gasteiger partial charge in [-0.25, -0.2) is 13.1 Å². The molecule has 0 aliphatic carbocycles. The van der Waals surface area contributed by atoms with Gasteiger partial charge in [-0.1, -0.05) is 11.6 Å². The number of hydrogen-bond donors (Lipinski definition) is 1. The maximum absolute atomic E-state index is 10.8. The zero-order chi connectivity index (χ0) is 11.5. The molecule has 1 aromatic heterocycles. The Morgan fingerprint density at radius 1 is 1.60 bits per heavy atom. The predicted octanol–water partition coefficient (Wildman–Crippen LogP) is 0.784. The monoisotopic (exact) mass is 251 g/mol. The lowest BCUT2D eigenvalue weighted by Gasteiger charge is -2.04. The van der Waals surface area contributed by atoms with Crippen molar-refractivity contribution in [3.63, 3.8) is 0 Å². The van der Waals surface area contributed by atoms with Crippen LogP contribution in [0, 0.1) is 6.92 Å². The molecule has 0 aliphatic rings. The zero-order valence-corrected chi connectivity index (χ0v) is 10.3. The molecule has 0 bridgehead atoms. The lowest BCUT2D eigenvalue weighted by Crippen LogP contribution is -2.24. The molecular formula is C8H14ClN3O2S. The van der Waals surface area contributed by atoms with Crippen LogP contribution in [0.15, 0.2) is 6.20 Å². The van der Waals surface area contributed by atoms with Crippen molar-refractivity contribution < 1.29 is 8.42 Å². The second kappa shape index (κ2) is 4.96. The molecule has 0 atom stereocenters. The van der Waals surface area contributed by atoms with Crippen molar-refractivity contribution in [2.75, 3.05) is 12.8 Å². The molecule has 15 heavy (non-hydrogen) atoms. The van der Waals surface area contributed by atoms with E-state index in [4.69, 9.17) is 11.6 Å². The van der Waals surface area contributed by atoms with Gasteiger partial charge < -0.3 is 0 Å². The van der Waals surface area contributed by atoms with Gasteiger partial charge in [0.25, 0.3) is 0 Å². The van der Waals surface area contributed by atoms with Gasteiger partial charge in [-0.2, -0.15) is 5.10 Å². The Morgan fingerprint density at radius 3 is 2.73 bits per heavy atom. The molecule has 0 aliphatic heterocycles. The fourth-order valence-electron chi connectivity index (χ4n) is 1.14. The molecule has 0 fully saturated rings. The lowest BCUT2D eigenvalue weighted by molar-refractivity contribution is 0.548. The van der Waals surface area contributed by atoms with Crippen molar-refractivity contribution in [1.82, 2.24) is 14.5 Å². The molecule has 0 amide bonds. The molecule has 86 valence electrons. The van der Waals surface area contributed by atoms with E-state index in [1.807, 2.05) is 6.92 Å². The van der Waals surface area contributed by atoms with E-state index in [0.717, 1.165) is 11.9 Å². The summed E-state index contributed by atoms with van der Waals surface area (Å²) in [6.45, 7) is 2.94. The van der Waals surface area contributed by atoms with Crippen LogP contribution in [0.2, 0.25) is 5.02 Å². The first-order valence-corrected chi connectivity index (χ1v) is 6.79. The van der Waals surface area contributed by atoms with Gasteiger partial charge in [0.1, 0.15) is 0 Å². The smallest absolute Gasteiger partial charge is 0.208 e. The molecule has 5 nitrogen and oxygen atoms in total. The summed E-state index contributed by atoms with van der Waals surface area (Å²) in [4.78, 5) is 0. The van der Waals surface area contributed by atoms with Gasteiger partial charge in [-0.3, -0.25) is 4.68 Å². The number of halogens is 1. The third-order valence-corrected chi connectivity index (χ3v) is 3.05. The van der Waals surface area contributed by atoms with E-state index >= 15 is 0 Å². The Morgan fingerprint density at radius 2 is 2.27 bits per heavy atom. The molecular weight excluding hydrogens is 238 g/mol. The van der Waals surface area contributed by atoms with Gasteiger partial charge in [-0.15, -0.1) is 0 Å². The average Bonchev–Trinajstić information content (AvgIpc) is 2.42. The normalized spacial score (nSPS) is 11.9. The number of nitrogens with one attached hydrogen (secondary N) is 1. The van der Waals surface area contributed by atoms with Crippen molar-refractivity contribution in [2.45, 2.75) is 19.9 Å². The standard InChI is InChI=1S/C8H14ClN3O2S/c1-7-8(9)6-10-12(7)5-3-4-11-15(2,13)14/h6,11H,3-5H2,1-2H3. The van der Waals surface area contributed by atoms with Gasteiger partial charge in [-0.05, 0) is 13.3 Å². The highest BCUT2D eigenvalue weighted by Crippen LogP contribution is 2.13. The zero-order valence-electron chi connectivity index (χ0n) is 8.70. The van der Waals surface area contributed by atoms with Crippen LogP contribution >= 0.6 is 11.6 Å². The SMILES string of the molecule is Cc1c(Cl)cnn1CCCNS(C)(=O)=O. The second-order valence-corrected chi connectivity index (χ2v) is 5.56. The van der Waals surface area contributed by atoms with E-state index in [1.165, 1.54) is 0 Å². The summed E-state index contributed by atoms with van der Waals surface area (Å²) in [5.41, 5.74) is 0.899. The van der Waals surface area contributed by atoms with Crippen LogP contribution in [0.3, 0.4) is 0 Å². The van der Waals surface area contributed by atoms with Gasteiger partial charge in [0.05, 0.1) is 23.2 Å². The Bertz CT molecular complexity index is 427. The second-order valence-electron chi connectivity index (χ2n) is 3.32. The Hall–Kier alpha value is -0.590. The number of nitrogens with zero attached hydrogens (tertiary/aromatic N) is 2. The van der Waals surface area contributed by atoms with Crippen LogP contribution in [0.25, 0.3) is 0 Å². The molecule has 0 spiro atoms. The molecule has 1 rings (SSSR count). The summed E-state index contributed by atoms with van der Waals surface area (Å²) < 4.78 is 25.7. The van der Waals surface area contributed by atoms with Crippen molar-refractivity contribution in [3.8, 4) is 0 Å². The van der Waals surface area contributed by atoms with E-state index < -0.39 is 10.0 Å². The van der Waals surface area contributed by atoms with Crippen LogP contribution in [-0.2, 0) is 16.6 Å². The van der Waals surface area contributed by atoms with E-state index in [2.05, 4.69) is 9.82 Å². The fourth-order valence-corrected chi connectivity index (χ4v) is 1.79. The molecule has 0 aromatic carbocycles. The highest BCUT2D eigenvalue weighted by molar-refractivity contribution is 7.88. The van der Waals surface area contributed by atoms with Crippen molar-refractivity contribution in [1.29, 1.82) is 0 Å². The number of hydrogen-bond acceptors (Lipinski definition) is 3. The summed E-state index contributed by atoms with van der Waals surface area (Å²) in [5, 5.41) is 4.69. The summed E-state index contributed by atoms with van der Waals surface area (Å²) >= 11 is 5.82. The van der Waals surface area contributed by atoms with E-state index in [9.17, 15) is 8.42 Å². The fraction of sp³-hybridized carbons (Fsp3) is 0.625. The predicted molar refractivity (Wildman–Crippen MR) is 59.4 cm³/mol. The van der Waals surface area contributed by atoms with E-state index in [-0.39, 0.29) is 0 Å². The van der Waals surface area contributed by atoms with Crippen molar-refractivity contribution in [2.24, 2.45) is 0 Å². The van der Waals surface area contributed by atoms with E-state index in [0.29, 0.717) is 24.5 Å². The third kappa shape index (κ3) is 4.19. The van der Waals surface area contributed by atoms with Gasteiger partial charge in [0.15, 0.2) is 0 Å². The molecule has 0 radical (unpaired) electrons. The van der Waals surface area contributed by atoms with Crippen molar-refractivity contribution in [3.05, 3.63) is 16.9 Å². The molecule has 1 N–H and O–H groups in total. The summed E-state index contributed by atoms with van der Waals surface area (Å²) in [5.74, 6) is 0. The molecule has 0 saturated carbocycles. The average molecular weight is 252 g/mol.